The number of carbonyl (C=O) groups is 2. The molecule has 2 rings (SSSR count). The van der Waals surface area contributed by atoms with Gasteiger partial charge in [0.25, 0.3) is 0 Å². The molecule has 1 N–H and O–H groups in total. The quantitative estimate of drug-likeness (QED) is 0.765. The molecule has 1 aromatic carbocycles. The fraction of sp³-hybridized carbons (Fsp3) is 0.579. The fourth-order valence-corrected chi connectivity index (χ4v) is 3.27. The zero-order valence-corrected chi connectivity index (χ0v) is 16.6. The lowest BCUT2D eigenvalue weighted by Crippen LogP contribution is -2.47. The Morgan fingerprint density at radius 3 is 2.58 bits per heavy atom. The van der Waals surface area contributed by atoms with Crippen LogP contribution in [0.2, 0.25) is 5.02 Å². The lowest BCUT2D eigenvalue weighted by Gasteiger charge is -2.34. The zero-order chi connectivity index (χ0) is 19.3. The average molecular weight is 383 g/mol. The molecule has 0 spiro atoms. The number of nitrogens with zero attached hydrogens (tertiary/aromatic N) is 1. The van der Waals surface area contributed by atoms with E-state index in [2.05, 4.69) is 10.2 Å². The number of carbonyl (C=O) groups excluding carboxylic acids is 2. The number of aryl methyl sites for hydroxylation is 1. The van der Waals surface area contributed by atoms with Gasteiger partial charge in [-0.05, 0) is 58.3 Å². The SMILES string of the molecule is CCOC(=O)C1CCN(C(C)C(=O)Nc2cc(C)c(Cl)cc2OC)CC1. The molecule has 1 atom stereocenters. The first-order valence-corrected chi connectivity index (χ1v) is 9.30. The third-order valence-corrected chi connectivity index (χ3v) is 5.22. The fourth-order valence-electron chi connectivity index (χ4n) is 3.12. The minimum absolute atomic E-state index is 0.0690. The van der Waals surface area contributed by atoms with Crippen LogP contribution in [0.5, 0.6) is 5.75 Å². The first-order valence-electron chi connectivity index (χ1n) is 8.93. The minimum atomic E-state index is -0.307. The molecule has 0 aromatic heterocycles. The number of hydrogen-bond acceptors (Lipinski definition) is 5. The van der Waals surface area contributed by atoms with E-state index in [4.69, 9.17) is 21.1 Å². The molecule has 1 saturated heterocycles. The second kappa shape index (κ2) is 9.24. The number of likely N-dealkylation sites (tertiary alicyclic amines) is 1. The van der Waals surface area contributed by atoms with Gasteiger partial charge in [0.1, 0.15) is 5.75 Å². The highest BCUT2D eigenvalue weighted by atomic mass is 35.5. The van der Waals surface area contributed by atoms with E-state index in [9.17, 15) is 9.59 Å². The second-order valence-corrected chi connectivity index (χ2v) is 6.94. The smallest absolute Gasteiger partial charge is 0.309 e. The molecule has 1 heterocycles. The van der Waals surface area contributed by atoms with Crippen molar-refractivity contribution in [3.8, 4) is 5.75 Å². The number of nitrogens with one attached hydrogen (secondary N) is 1. The van der Waals surface area contributed by atoms with E-state index >= 15 is 0 Å². The Morgan fingerprint density at radius 1 is 1.35 bits per heavy atom. The van der Waals surface area contributed by atoms with Crippen molar-refractivity contribution in [3.63, 3.8) is 0 Å². The number of hydrogen-bond donors (Lipinski definition) is 1. The number of halogens is 1. The first kappa shape index (κ1) is 20.5. The minimum Gasteiger partial charge on any atom is -0.495 e. The summed E-state index contributed by atoms with van der Waals surface area (Å²) < 4.78 is 10.4. The van der Waals surface area contributed by atoms with Crippen molar-refractivity contribution in [3.05, 3.63) is 22.7 Å². The summed E-state index contributed by atoms with van der Waals surface area (Å²) in [6.45, 7) is 7.34. The topological polar surface area (TPSA) is 67.9 Å². The van der Waals surface area contributed by atoms with Gasteiger partial charge in [0.2, 0.25) is 5.91 Å². The molecule has 1 unspecified atom stereocenters. The van der Waals surface area contributed by atoms with Gasteiger partial charge in [-0.25, -0.2) is 0 Å². The first-order chi connectivity index (χ1) is 12.4. The van der Waals surface area contributed by atoms with Gasteiger partial charge < -0.3 is 14.8 Å². The van der Waals surface area contributed by atoms with E-state index in [1.165, 1.54) is 0 Å². The van der Waals surface area contributed by atoms with Crippen molar-refractivity contribution in [1.29, 1.82) is 0 Å². The Balaban J connectivity index is 1.97. The summed E-state index contributed by atoms with van der Waals surface area (Å²) in [6.07, 6.45) is 1.42. The largest absolute Gasteiger partial charge is 0.495 e. The molecule has 26 heavy (non-hydrogen) atoms. The van der Waals surface area contributed by atoms with E-state index < -0.39 is 0 Å². The monoisotopic (exact) mass is 382 g/mol. The van der Waals surface area contributed by atoms with Crippen molar-refractivity contribution in [2.75, 3.05) is 32.1 Å². The molecule has 1 amide bonds. The van der Waals surface area contributed by atoms with Gasteiger partial charge in [0.05, 0.1) is 31.4 Å². The van der Waals surface area contributed by atoms with Gasteiger partial charge in [-0.1, -0.05) is 11.6 Å². The van der Waals surface area contributed by atoms with Crippen LogP contribution in [0.1, 0.15) is 32.3 Å². The van der Waals surface area contributed by atoms with Crippen molar-refractivity contribution in [1.82, 2.24) is 4.90 Å². The normalized spacial score (nSPS) is 16.8. The molecule has 1 fully saturated rings. The molecule has 144 valence electrons. The van der Waals surface area contributed by atoms with Crippen molar-refractivity contribution in [2.45, 2.75) is 39.7 Å². The van der Waals surface area contributed by atoms with Crippen LogP contribution in [-0.2, 0) is 14.3 Å². The van der Waals surface area contributed by atoms with E-state index in [0.29, 0.717) is 49.0 Å². The number of benzene rings is 1. The molecule has 0 aliphatic carbocycles. The van der Waals surface area contributed by atoms with E-state index in [1.807, 2.05) is 20.8 Å². The Kier molecular flexibility index (Phi) is 7.29. The van der Waals surface area contributed by atoms with Gasteiger partial charge in [-0.2, -0.15) is 0 Å². The third kappa shape index (κ3) is 4.89. The molecular formula is C19H27ClN2O4. The molecule has 1 aromatic rings. The van der Waals surface area contributed by atoms with Crippen LogP contribution in [0.4, 0.5) is 5.69 Å². The standard InChI is InChI=1S/C19H27ClN2O4/c1-5-26-19(24)14-6-8-22(9-7-14)13(3)18(23)21-16-10-12(2)15(20)11-17(16)25-4/h10-11,13-14H,5-9H2,1-4H3,(H,21,23). The maximum Gasteiger partial charge on any atom is 0.309 e. The van der Waals surface area contributed by atoms with Gasteiger partial charge in [-0.15, -0.1) is 0 Å². The van der Waals surface area contributed by atoms with Crippen molar-refractivity contribution < 1.29 is 19.1 Å². The predicted octanol–water partition coefficient (Wildman–Crippen LogP) is 3.26. The van der Waals surface area contributed by atoms with Crippen LogP contribution < -0.4 is 10.1 Å². The Bertz CT molecular complexity index is 657. The molecule has 7 heteroatoms. The van der Waals surface area contributed by atoms with Gasteiger partial charge in [0, 0.05) is 11.1 Å². The number of anilines is 1. The van der Waals surface area contributed by atoms with Crippen LogP contribution in [0.25, 0.3) is 0 Å². The molecule has 0 saturated carbocycles. The van der Waals surface area contributed by atoms with Crippen molar-refractivity contribution >= 4 is 29.2 Å². The van der Waals surface area contributed by atoms with Gasteiger partial charge >= 0.3 is 5.97 Å². The molecule has 1 aliphatic heterocycles. The molecule has 6 nitrogen and oxygen atoms in total. The summed E-state index contributed by atoms with van der Waals surface area (Å²) in [5, 5.41) is 3.52. The van der Waals surface area contributed by atoms with Crippen molar-refractivity contribution in [2.24, 2.45) is 5.92 Å². The lowest BCUT2D eigenvalue weighted by molar-refractivity contribution is -0.149. The van der Waals surface area contributed by atoms with Crippen LogP contribution in [0.15, 0.2) is 12.1 Å². The highest BCUT2D eigenvalue weighted by molar-refractivity contribution is 6.31. The van der Waals surface area contributed by atoms with Crippen LogP contribution in [-0.4, -0.2) is 49.6 Å². The van der Waals surface area contributed by atoms with Crippen LogP contribution in [0, 0.1) is 12.8 Å². The lowest BCUT2D eigenvalue weighted by atomic mass is 9.96. The molecule has 0 bridgehead atoms. The average Bonchev–Trinajstić information content (AvgIpc) is 2.64. The Hall–Kier alpha value is -1.79. The summed E-state index contributed by atoms with van der Waals surface area (Å²) in [7, 11) is 1.54. The predicted molar refractivity (Wildman–Crippen MR) is 102 cm³/mol. The summed E-state index contributed by atoms with van der Waals surface area (Å²) >= 11 is 6.11. The van der Waals surface area contributed by atoms with Crippen LogP contribution in [0.3, 0.4) is 0 Å². The third-order valence-electron chi connectivity index (χ3n) is 4.82. The molecule has 1 aliphatic rings. The number of rotatable bonds is 6. The van der Waals surface area contributed by atoms with Crippen LogP contribution >= 0.6 is 11.6 Å². The highest BCUT2D eigenvalue weighted by Crippen LogP contribution is 2.31. The highest BCUT2D eigenvalue weighted by Gasteiger charge is 2.30. The molecule has 0 radical (unpaired) electrons. The maximum atomic E-state index is 12.7. The zero-order valence-electron chi connectivity index (χ0n) is 15.8. The summed E-state index contributed by atoms with van der Waals surface area (Å²) in [5.41, 5.74) is 1.47. The summed E-state index contributed by atoms with van der Waals surface area (Å²) in [6, 6.07) is 3.19. The van der Waals surface area contributed by atoms with E-state index in [0.717, 1.165) is 5.56 Å². The number of amides is 1. The number of ether oxygens (including phenoxy) is 2. The molecular weight excluding hydrogens is 356 g/mol. The number of methoxy groups -OCH3 is 1. The van der Waals surface area contributed by atoms with Gasteiger partial charge in [-0.3, -0.25) is 14.5 Å². The number of piperidine rings is 1. The summed E-state index contributed by atoms with van der Waals surface area (Å²) in [5.74, 6) is 0.216. The maximum absolute atomic E-state index is 12.7. The van der Waals surface area contributed by atoms with Gasteiger partial charge in [0.15, 0.2) is 0 Å². The second-order valence-electron chi connectivity index (χ2n) is 6.53. The Labute approximate surface area is 159 Å². The number of esters is 1. The Morgan fingerprint density at radius 2 is 2.00 bits per heavy atom. The van der Waals surface area contributed by atoms with E-state index in [-0.39, 0.29) is 23.8 Å². The summed E-state index contributed by atoms with van der Waals surface area (Å²) in [4.78, 5) is 26.6. The van der Waals surface area contributed by atoms with E-state index in [1.54, 1.807) is 19.2 Å².